The smallest absolute Gasteiger partial charge is 0.354 e. The number of hydrogen-bond acceptors (Lipinski definition) is 4. The van der Waals surface area contributed by atoms with Crippen LogP contribution in [0.15, 0.2) is 83.3 Å². The van der Waals surface area contributed by atoms with Crippen LogP contribution in [0.3, 0.4) is 0 Å². The average molecular weight is 669 g/mol. The summed E-state index contributed by atoms with van der Waals surface area (Å²) >= 11 is 3.41. The molecule has 0 aromatic heterocycles. The van der Waals surface area contributed by atoms with Gasteiger partial charge in [0.15, 0.2) is 0 Å². The van der Waals surface area contributed by atoms with Gasteiger partial charge < -0.3 is 10.2 Å². The molecule has 1 unspecified atom stereocenters. The summed E-state index contributed by atoms with van der Waals surface area (Å²) < 4.78 is 67.3. The van der Waals surface area contributed by atoms with Gasteiger partial charge in [-0.15, -0.1) is 0 Å². The number of unbranched alkanes of at least 4 members (excludes halogenated alkanes) is 1. The summed E-state index contributed by atoms with van der Waals surface area (Å²) in [6.07, 6.45) is -2.20. The van der Waals surface area contributed by atoms with Gasteiger partial charge in [0.1, 0.15) is 12.6 Å². The van der Waals surface area contributed by atoms with E-state index in [1.54, 1.807) is 36.4 Å². The number of anilines is 1. The fourth-order valence-corrected chi connectivity index (χ4v) is 5.63. The Kier molecular flexibility index (Phi) is 11.6. The Bertz CT molecular complexity index is 1470. The molecule has 0 saturated carbocycles. The molecule has 0 spiro atoms. The minimum Gasteiger partial charge on any atom is -0.354 e. The molecule has 2 amide bonds. The van der Waals surface area contributed by atoms with Crippen LogP contribution in [0.25, 0.3) is 0 Å². The molecule has 1 atom stereocenters. The number of nitrogens with zero attached hydrogens (tertiary/aromatic N) is 2. The van der Waals surface area contributed by atoms with Crippen LogP contribution in [0.5, 0.6) is 0 Å². The van der Waals surface area contributed by atoms with E-state index in [2.05, 4.69) is 21.2 Å². The zero-order valence-electron chi connectivity index (χ0n) is 23.3. The summed E-state index contributed by atoms with van der Waals surface area (Å²) in [5.41, 5.74) is 0.0829. The molecular formula is C30H33BrF3N3O4S. The van der Waals surface area contributed by atoms with E-state index in [0.29, 0.717) is 22.5 Å². The highest BCUT2D eigenvalue weighted by molar-refractivity contribution is 9.10. The molecule has 0 radical (unpaired) electrons. The number of alkyl halides is 3. The number of rotatable bonds is 13. The van der Waals surface area contributed by atoms with E-state index in [0.717, 1.165) is 41.3 Å². The number of halogens is 4. The predicted molar refractivity (Wildman–Crippen MR) is 160 cm³/mol. The van der Waals surface area contributed by atoms with Gasteiger partial charge in [-0.1, -0.05) is 77.8 Å². The summed E-state index contributed by atoms with van der Waals surface area (Å²) in [5, 5.41) is 2.88. The van der Waals surface area contributed by atoms with Crippen LogP contribution in [0.2, 0.25) is 0 Å². The van der Waals surface area contributed by atoms with E-state index in [-0.39, 0.29) is 18.7 Å². The van der Waals surface area contributed by atoms with Crippen LogP contribution in [-0.2, 0) is 38.8 Å². The zero-order valence-corrected chi connectivity index (χ0v) is 25.7. The SMILES string of the molecule is CCCCNC(=O)C(Cc1ccccc1)N(Cc1cccc(Br)c1)C(=O)CN(c1cccc(C(F)(F)F)c1)S(C)(=O)=O. The van der Waals surface area contributed by atoms with Crippen molar-refractivity contribution in [2.24, 2.45) is 0 Å². The number of amides is 2. The van der Waals surface area contributed by atoms with Gasteiger partial charge in [-0.05, 0) is 47.9 Å². The second-order valence-corrected chi connectivity index (χ2v) is 12.6. The van der Waals surface area contributed by atoms with E-state index in [1.807, 2.05) is 25.1 Å². The summed E-state index contributed by atoms with van der Waals surface area (Å²) in [6, 6.07) is 18.9. The Balaban J connectivity index is 2.06. The van der Waals surface area contributed by atoms with Crippen LogP contribution in [0, 0.1) is 0 Å². The Morgan fingerprint density at radius 3 is 2.24 bits per heavy atom. The molecule has 3 aromatic rings. The van der Waals surface area contributed by atoms with Crippen molar-refractivity contribution in [3.8, 4) is 0 Å². The minimum absolute atomic E-state index is 0.0445. The van der Waals surface area contributed by atoms with Crippen LogP contribution < -0.4 is 9.62 Å². The molecule has 0 aliphatic rings. The maximum atomic E-state index is 14.0. The first-order valence-electron chi connectivity index (χ1n) is 13.3. The predicted octanol–water partition coefficient (Wildman–Crippen LogP) is 5.79. The second-order valence-electron chi connectivity index (χ2n) is 9.82. The van der Waals surface area contributed by atoms with Crippen LogP contribution in [-0.4, -0.2) is 50.5 Å². The number of sulfonamides is 1. The van der Waals surface area contributed by atoms with E-state index in [9.17, 15) is 31.2 Å². The van der Waals surface area contributed by atoms with Gasteiger partial charge >= 0.3 is 6.18 Å². The highest BCUT2D eigenvalue weighted by Gasteiger charge is 2.35. The maximum Gasteiger partial charge on any atom is 0.416 e. The Hall–Kier alpha value is -3.38. The number of nitrogens with one attached hydrogen (secondary N) is 1. The molecule has 0 heterocycles. The van der Waals surface area contributed by atoms with Gasteiger partial charge in [0.05, 0.1) is 17.5 Å². The fourth-order valence-electron chi connectivity index (χ4n) is 4.34. The quantitative estimate of drug-likeness (QED) is 0.234. The van der Waals surface area contributed by atoms with E-state index >= 15 is 0 Å². The molecule has 3 rings (SSSR count). The molecule has 42 heavy (non-hydrogen) atoms. The van der Waals surface area contributed by atoms with Gasteiger partial charge in [-0.2, -0.15) is 13.2 Å². The van der Waals surface area contributed by atoms with E-state index in [1.165, 1.54) is 11.0 Å². The van der Waals surface area contributed by atoms with Crippen LogP contribution in [0.4, 0.5) is 18.9 Å². The first-order valence-corrected chi connectivity index (χ1v) is 15.9. The summed E-state index contributed by atoms with van der Waals surface area (Å²) in [4.78, 5) is 28.9. The highest BCUT2D eigenvalue weighted by Crippen LogP contribution is 2.32. The first-order chi connectivity index (χ1) is 19.8. The molecule has 0 aliphatic heterocycles. The molecule has 226 valence electrons. The number of benzene rings is 3. The molecule has 0 fully saturated rings. The first kappa shape index (κ1) is 33.1. The minimum atomic E-state index is -4.71. The van der Waals surface area contributed by atoms with Crippen molar-refractivity contribution in [1.29, 1.82) is 0 Å². The lowest BCUT2D eigenvalue weighted by molar-refractivity contribution is -0.140. The summed E-state index contributed by atoms with van der Waals surface area (Å²) in [5.74, 6) is -1.16. The standard InChI is InChI=1S/C30H33BrF3N3O4S/c1-3-4-16-35-29(39)27(18-22-10-6-5-7-11-22)36(20-23-12-8-14-25(31)17-23)28(38)21-37(42(2,40)41)26-15-9-13-24(19-26)30(32,33)34/h5-15,17,19,27H,3-4,16,18,20-21H2,1-2H3,(H,35,39). The third-order valence-electron chi connectivity index (χ3n) is 6.48. The normalized spacial score (nSPS) is 12.4. The lowest BCUT2D eigenvalue weighted by Crippen LogP contribution is -2.53. The number of carbonyl (C=O) groups excluding carboxylic acids is 2. The molecule has 0 bridgehead atoms. The molecule has 0 saturated heterocycles. The second kappa shape index (κ2) is 14.7. The molecule has 1 N–H and O–H groups in total. The lowest BCUT2D eigenvalue weighted by atomic mass is 10.0. The molecule has 3 aromatic carbocycles. The van der Waals surface area contributed by atoms with Crippen LogP contribution in [0.1, 0.15) is 36.5 Å². The van der Waals surface area contributed by atoms with Gasteiger partial charge in [-0.25, -0.2) is 8.42 Å². The Morgan fingerprint density at radius 2 is 1.62 bits per heavy atom. The van der Waals surface area contributed by atoms with Gasteiger partial charge in [0.25, 0.3) is 0 Å². The fraction of sp³-hybridized carbons (Fsp3) is 0.333. The Labute approximate surface area is 252 Å². The summed E-state index contributed by atoms with van der Waals surface area (Å²) in [7, 11) is -4.20. The van der Waals surface area contributed by atoms with Crippen molar-refractivity contribution in [2.75, 3.05) is 23.7 Å². The van der Waals surface area contributed by atoms with Gasteiger partial charge in [-0.3, -0.25) is 13.9 Å². The zero-order chi connectivity index (χ0) is 30.9. The van der Waals surface area contributed by atoms with Crippen molar-refractivity contribution in [3.63, 3.8) is 0 Å². The van der Waals surface area contributed by atoms with Gasteiger partial charge in [0, 0.05) is 24.0 Å². The molecule has 7 nitrogen and oxygen atoms in total. The maximum absolute atomic E-state index is 14.0. The van der Waals surface area contributed by atoms with Crippen molar-refractivity contribution in [1.82, 2.24) is 10.2 Å². The third kappa shape index (κ3) is 9.59. The Morgan fingerprint density at radius 1 is 0.952 bits per heavy atom. The lowest BCUT2D eigenvalue weighted by Gasteiger charge is -2.33. The highest BCUT2D eigenvalue weighted by atomic mass is 79.9. The number of carbonyl (C=O) groups is 2. The topological polar surface area (TPSA) is 86.8 Å². The van der Waals surface area contributed by atoms with E-state index < -0.39 is 46.2 Å². The summed E-state index contributed by atoms with van der Waals surface area (Å²) in [6.45, 7) is 1.52. The van der Waals surface area contributed by atoms with Crippen molar-refractivity contribution >= 4 is 43.5 Å². The van der Waals surface area contributed by atoms with Crippen LogP contribution >= 0.6 is 15.9 Å². The van der Waals surface area contributed by atoms with E-state index in [4.69, 9.17) is 0 Å². The monoisotopic (exact) mass is 667 g/mol. The molecule has 0 aliphatic carbocycles. The average Bonchev–Trinajstić information content (AvgIpc) is 2.93. The number of hydrogen-bond donors (Lipinski definition) is 1. The van der Waals surface area contributed by atoms with Gasteiger partial charge in [0.2, 0.25) is 21.8 Å². The molecule has 12 heteroatoms. The van der Waals surface area contributed by atoms with Crippen molar-refractivity contribution in [2.45, 2.75) is 44.9 Å². The van der Waals surface area contributed by atoms with Crippen molar-refractivity contribution in [3.05, 3.63) is 100 Å². The third-order valence-corrected chi connectivity index (χ3v) is 8.12. The molecular weight excluding hydrogens is 635 g/mol. The van der Waals surface area contributed by atoms with Crippen molar-refractivity contribution < 1.29 is 31.2 Å². The largest absolute Gasteiger partial charge is 0.416 e.